The van der Waals surface area contributed by atoms with E-state index in [4.69, 9.17) is 0 Å². The highest BCUT2D eigenvalue weighted by molar-refractivity contribution is 5.65. The summed E-state index contributed by atoms with van der Waals surface area (Å²) in [6.07, 6.45) is 0. The maximum absolute atomic E-state index is 3.22. The van der Waals surface area contributed by atoms with Crippen molar-refractivity contribution >= 4 is 11.4 Å². The van der Waals surface area contributed by atoms with Crippen LogP contribution in [-0.4, -0.2) is 45.2 Å². The molecule has 0 radical (unpaired) electrons. The zero-order valence-electron chi connectivity index (χ0n) is 11.4. The third-order valence-corrected chi connectivity index (χ3v) is 3.60. The van der Waals surface area contributed by atoms with Crippen molar-refractivity contribution in [3.63, 3.8) is 0 Å². The van der Waals surface area contributed by atoms with Gasteiger partial charge in [-0.1, -0.05) is 0 Å². The molecule has 0 aromatic heterocycles. The lowest BCUT2D eigenvalue weighted by Crippen LogP contribution is -2.45. The van der Waals surface area contributed by atoms with Gasteiger partial charge in [0.1, 0.15) is 0 Å². The first-order chi connectivity index (χ1) is 8.11. The quantitative estimate of drug-likeness (QED) is 0.844. The molecule has 94 valence electrons. The number of rotatable bonds is 2. The van der Waals surface area contributed by atoms with Crippen molar-refractivity contribution in [3.05, 3.63) is 23.3 Å². The van der Waals surface area contributed by atoms with E-state index >= 15 is 0 Å². The molecule has 0 atom stereocenters. The lowest BCUT2D eigenvalue weighted by atomic mass is 10.1. The van der Waals surface area contributed by atoms with Crippen molar-refractivity contribution in [3.8, 4) is 0 Å². The Bertz CT molecular complexity index is 369. The van der Waals surface area contributed by atoms with Gasteiger partial charge in [0.15, 0.2) is 0 Å². The molecule has 1 heterocycles. The van der Waals surface area contributed by atoms with Crippen molar-refractivity contribution in [2.45, 2.75) is 13.8 Å². The fourth-order valence-electron chi connectivity index (χ4n) is 2.63. The lowest BCUT2D eigenvalue weighted by Gasteiger charge is -2.36. The van der Waals surface area contributed by atoms with E-state index < -0.39 is 0 Å². The summed E-state index contributed by atoms with van der Waals surface area (Å²) in [5.41, 5.74) is 5.38. The van der Waals surface area contributed by atoms with Crippen LogP contribution in [0.3, 0.4) is 0 Å². The van der Waals surface area contributed by atoms with Crippen molar-refractivity contribution in [2.75, 3.05) is 50.5 Å². The smallest absolute Gasteiger partial charge is 0.0428 e. The van der Waals surface area contributed by atoms with Gasteiger partial charge >= 0.3 is 0 Å². The van der Waals surface area contributed by atoms with Gasteiger partial charge in [-0.3, -0.25) is 0 Å². The minimum absolute atomic E-state index is 1.14. The monoisotopic (exact) mass is 233 g/mol. The van der Waals surface area contributed by atoms with E-state index in [1.165, 1.54) is 22.5 Å². The largest absolute Gasteiger partial charge is 0.388 e. The van der Waals surface area contributed by atoms with Gasteiger partial charge < -0.3 is 15.1 Å². The van der Waals surface area contributed by atoms with Gasteiger partial charge in [0.25, 0.3) is 0 Å². The molecule has 1 fully saturated rings. The van der Waals surface area contributed by atoms with Gasteiger partial charge in [0, 0.05) is 44.6 Å². The molecule has 17 heavy (non-hydrogen) atoms. The Kier molecular flexibility index (Phi) is 3.57. The van der Waals surface area contributed by atoms with Crippen molar-refractivity contribution in [1.29, 1.82) is 0 Å². The topological polar surface area (TPSA) is 18.5 Å². The highest BCUT2D eigenvalue weighted by atomic mass is 15.2. The van der Waals surface area contributed by atoms with E-state index in [0.29, 0.717) is 0 Å². The van der Waals surface area contributed by atoms with Crippen LogP contribution >= 0.6 is 0 Å². The van der Waals surface area contributed by atoms with Crippen LogP contribution in [0.1, 0.15) is 11.1 Å². The van der Waals surface area contributed by atoms with Crippen LogP contribution in [0.25, 0.3) is 0 Å². The van der Waals surface area contributed by atoms with Gasteiger partial charge in [0.05, 0.1) is 0 Å². The molecule has 0 unspecified atom stereocenters. The summed E-state index contributed by atoms with van der Waals surface area (Å²) in [6, 6.07) is 4.47. The first-order valence-electron chi connectivity index (χ1n) is 6.34. The van der Waals surface area contributed by atoms with Crippen LogP contribution in [0, 0.1) is 13.8 Å². The first kappa shape index (κ1) is 12.2. The molecule has 0 aliphatic carbocycles. The second-order valence-corrected chi connectivity index (χ2v) is 5.00. The normalized spacial score (nSPS) is 17.3. The van der Waals surface area contributed by atoms with Gasteiger partial charge in [-0.15, -0.1) is 0 Å². The zero-order valence-corrected chi connectivity index (χ0v) is 11.4. The highest BCUT2D eigenvalue weighted by Crippen LogP contribution is 2.28. The predicted molar refractivity (Wildman–Crippen MR) is 75.2 cm³/mol. The average molecular weight is 233 g/mol. The molecular formula is C14H23N3. The van der Waals surface area contributed by atoms with Gasteiger partial charge in [0.2, 0.25) is 0 Å². The minimum Gasteiger partial charge on any atom is -0.388 e. The third kappa shape index (κ3) is 2.55. The summed E-state index contributed by atoms with van der Waals surface area (Å²) >= 11 is 0. The summed E-state index contributed by atoms with van der Waals surface area (Å²) in [4.78, 5) is 4.91. The molecule has 1 N–H and O–H groups in total. The van der Waals surface area contributed by atoms with Crippen LogP contribution in [-0.2, 0) is 0 Å². The fraction of sp³-hybridized carbons (Fsp3) is 0.571. The summed E-state index contributed by atoms with van der Waals surface area (Å²) in [6.45, 7) is 9.01. The molecule has 3 heteroatoms. The van der Waals surface area contributed by atoms with E-state index in [-0.39, 0.29) is 0 Å². The molecule has 2 rings (SSSR count). The molecule has 1 aromatic carbocycles. The number of benzene rings is 1. The minimum atomic E-state index is 1.14. The second kappa shape index (κ2) is 4.96. The molecule has 0 saturated carbocycles. The zero-order chi connectivity index (χ0) is 12.4. The van der Waals surface area contributed by atoms with E-state index in [0.717, 1.165) is 26.2 Å². The number of anilines is 2. The number of likely N-dealkylation sites (N-methyl/N-ethyl adjacent to an activating group) is 1. The number of hydrogen-bond acceptors (Lipinski definition) is 3. The summed E-state index contributed by atoms with van der Waals surface area (Å²) in [5.74, 6) is 0. The van der Waals surface area contributed by atoms with Gasteiger partial charge in [-0.25, -0.2) is 0 Å². The van der Waals surface area contributed by atoms with Crippen molar-refractivity contribution in [2.24, 2.45) is 0 Å². The standard InChI is InChI=1S/C14H23N3/c1-11-9-13(15-3)10-12(2)14(11)17-7-5-16(4)6-8-17/h9-10,15H,5-8H2,1-4H3. The fourth-order valence-corrected chi connectivity index (χ4v) is 2.63. The molecular weight excluding hydrogens is 210 g/mol. The number of nitrogens with one attached hydrogen (secondary N) is 1. The number of hydrogen-bond donors (Lipinski definition) is 1. The SMILES string of the molecule is CNc1cc(C)c(N2CCN(C)CC2)c(C)c1. The van der Waals surface area contributed by atoms with Crippen LogP contribution in [0.4, 0.5) is 11.4 Å². The molecule has 1 saturated heterocycles. The van der Waals surface area contributed by atoms with Crippen molar-refractivity contribution < 1.29 is 0 Å². The molecule has 1 aliphatic rings. The third-order valence-electron chi connectivity index (χ3n) is 3.60. The summed E-state index contributed by atoms with van der Waals surface area (Å²) in [5, 5.41) is 3.22. The summed E-state index contributed by atoms with van der Waals surface area (Å²) < 4.78 is 0. The second-order valence-electron chi connectivity index (χ2n) is 5.00. The Hall–Kier alpha value is -1.22. The molecule has 3 nitrogen and oxygen atoms in total. The van der Waals surface area contributed by atoms with Crippen LogP contribution in [0.2, 0.25) is 0 Å². The average Bonchev–Trinajstić information content (AvgIpc) is 2.30. The molecule has 0 bridgehead atoms. The first-order valence-corrected chi connectivity index (χ1v) is 6.34. The number of aryl methyl sites for hydroxylation is 2. The van der Waals surface area contributed by atoms with E-state index in [1.54, 1.807) is 0 Å². The maximum Gasteiger partial charge on any atom is 0.0428 e. The predicted octanol–water partition coefficient (Wildman–Crippen LogP) is 2.10. The Morgan fingerprint density at radius 2 is 1.53 bits per heavy atom. The molecule has 1 aromatic rings. The lowest BCUT2D eigenvalue weighted by molar-refractivity contribution is 0.312. The van der Waals surface area contributed by atoms with E-state index in [9.17, 15) is 0 Å². The molecule has 1 aliphatic heterocycles. The van der Waals surface area contributed by atoms with Crippen LogP contribution in [0.15, 0.2) is 12.1 Å². The number of nitrogens with zero attached hydrogens (tertiary/aromatic N) is 2. The van der Waals surface area contributed by atoms with Crippen LogP contribution in [0.5, 0.6) is 0 Å². The summed E-state index contributed by atoms with van der Waals surface area (Å²) in [7, 11) is 4.17. The number of piperazine rings is 1. The highest BCUT2D eigenvalue weighted by Gasteiger charge is 2.17. The Morgan fingerprint density at radius 3 is 2.00 bits per heavy atom. The maximum atomic E-state index is 3.22. The molecule has 0 amide bonds. The molecule has 0 spiro atoms. The van der Waals surface area contributed by atoms with E-state index in [1.807, 2.05) is 7.05 Å². The van der Waals surface area contributed by atoms with Gasteiger partial charge in [-0.2, -0.15) is 0 Å². The Labute approximate surface area is 104 Å². The Balaban J connectivity index is 2.26. The van der Waals surface area contributed by atoms with Crippen LogP contribution < -0.4 is 10.2 Å². The van der Waals surface area contributed by atoms with E-state index in [2.05, 4.69) is 48.1 Å². The Morgan fingerprint density at radius 1 is 1.00 bits per heavy atom. The van der Waals surface area contributed by atoms with Gasteiger partial charge in [-0.05, 0) is 44.2 Å². The van der Waals surface area contributed by atoms with Crippen molar-refractivity contribution in [1.82, 2.24) is 4.90 Å².